The summed E-state index contributed by atoms with van der Waals surface area (Å²) >= 11 is 0. The number of methoxy groups -OCH3 is 1. The van der Waals surface area contributed by atoms with Crippen LogP contribution in [0.25, 0.3) is 0 Å². The van der Waals surface area contributed by atoms with Crippen LogP contribution in [0, 0.1) is 6.92 Å². The third kappa shape index (κ3) is 5.11. The Morgan fingerprint density at radius 3 is 2.63 bits per heavy atom. The van der Waals surface area contributed by atoms with Gasteiger partial charge in [-0.1, -0.05) is 0 Å². The van der Waals surface area contributed by atoms with Gasteiger partial charge in [0.15, 0.2) is 0 Å². The predicted octanol–water partition coefficient (Wildman–Crippen LogP) is -0.500. The zero-order chi connectivity index (χ0) is 14.3. The molecule has 0 unspecified atom stereocenters. The molecule has 0 aliphatic rings. The highest BCUT2D eigenvalue weighted by atomic mass is 16.5. The number of hydrogen-bond acceptors (Lipinski definition) is 5. The van der Waals surface area contributed by atoms with Gasteiger partial charge in [0.2, 0.25) is 0 Å². The molecule has 1 rings (SSSR count). The Bertz CT molecular complexity index is 430. The number of aliphatic hydroxyl groups excluding tert-OH is 1. The third-order valence-corrected chi connectivity index (χ3v) is 2.34. The summed E-state index contributed by atoms with van der Waals surface area (Å²) in [5.74, 6) is -0.561. The lowest BCUT2D eigenvalue weighted by Gasteiger charge is -2.09. The Balaban J connectivity index is 2.31. The van der Waals surface area contributed by atoms with Crippen LogP contribution < -0.4 is 10.6 Å². The van der Waals surface area contributed by atoms with Gasteiger partial charge in [0.05, 0.1) is 13.2 Å². The van der Waals surface area contributed by atoms with Crippen LogP contribution in [0.4, 0.5) is 0 Å². The smallest absolute Gasteiger partial charge is 0.309 e. The molecule has 19 heavy (non-hydrogen) atoms. The van der Waals surface area contributed by atoms with Gasteiger partial charge in [-0.05, 0) is 19.1 Å². The number of ether oxygens (including phenoxy) is 1. The van der Waals surface area contributed by atoms with Gasteiger partial charge >= 0.3 is 11.8 Å². The van der Waals surface area contributed by atoms with Gasteiger partial charge in [-0.3, -0.25) is 9.59 Å². The molecular formula is C12H18N2O5. The first-order valence-corrected chi connectivity index (χ1v) is 5.84. The van der Waals surface area contributed by atoms with Crippen LogP contribution >= 0.6 is 0 Å². The van der Waals surface area contributed by atoms with Gasteiger partial charge in [0, 0.05) is 13.7 Å². The molecule has 1 heterocycles. The Morgan fingerprint density at radius 2 is 2.05 bits per heavy atom. The minimum absolute atomic E-state index is 0.0938. The zero-order valence-electron chi connectivity index (χ0n) is 10.9. The Hall–Kier alpha value is -1.86. The minimum Gasteiger partial charge on any atom is -0.464 e. The first-order valence-electron chi connectivity index (χ1n) is 5.84. The topological polar surface area (TPSA) is 101 Å². The molecule has 106 valence electrons. The van der Waals surface area contributed by atoms with Crippen molar-refractivity contribution in [2.75, 3.05) is 26.8 Å². The lowest BCUT2D eigenvalue weighted by molar-refractivity contribution is -0.139. The maximum atomic E-state index is 11.4. The van der Waals surface area contributed by atoms with Crippen molar-refractivity contribution in [2.45, 2.75) is 13.0 Å². The fourth-order valence-corrected chi connectivity index (χ4v) is 1.35. The van der Waals surface area contributed by atoms with Crippen LogP contribution in [0.5, 0.6) is 0 Å². The van der Waals surface area contributed by atoms with Crippen molar-refractivity contribution >= 4 is 11.8 Å². The fraction of sp³-hybridized carbons (Fsp3) is 0.500. The summed E-state index contributed by atoms with van der Waals surface area (Å²) in [7, 11) is 1.49. The average molecular weight is 270 g/mol. The largest absolute Gasteiger partial charge is 0.464 e. The number of carbonyl (C=O) groups excluding carboxylic acids is 2. The first kappa shape index (κ1) is 15.2. The number of aliphatic hydroxyl groups is 1. The summed E-state index contributed by atoms with van der Waals surface area (Å²) in [5, 5.41) is 14.4. The molecule has 0 saturated carbocycles. The molecule has 0 radical (unpaired) electrons. The molecule has 2 amide bonds. The normalized spacial score (nSPS) is 11.9. The molecule has 0 saturated heterocycles. The molecule has 0 bridgehead atoms. The fourth-order valence-electron chi connectivity index (χ4n) is 1.35. The first-order chi connectivity index (χ1) is 9.04. The lowest BCUT2D eigenvalue weighted by atomic mass is 10.2. The van der Waals surface area contributed by atoms with Gasteiger partial charge in [0.25, 0.3) is 0 Å². The molecule has 1 aromatic rings. The van der Waals surface area contributed by atoms with E-state index in [4.69, 9.17) is 9.15 Å². The van der Waals surface area contributed by atoms with E-state index in [-0.39, 0.29) is 13.1 Å². The van der Waals surface area contributed by atoms with Crippen LogP contribution in [0.1, 0.15) is 17.6 Å². The highest BCUT2D eigenvalue weighted by molar-refractivity contribution is 6.35. The number of nitrogens with one attached hydrogen (secondary N) is 2. The second kappa shape index (κ2) is 7.55. The number of amides is 2. The SMILES string of the molecule is COCCNC(=O)C(=O)NC[C@H](O)c1ccc(C)o1. The molecule has 7 heteroatoms. The lowest BCUT2D eigenvalue weighted by Crippen LogP contribution is -2.42. The van der Waals surface area contributed by atoms with E-state index >= 15 is 0 Å². The van der Waals surface area contributed by atoms with E-state index in [0.29, 0.717) is 18.1 Å². The summed E-state index contributed by atoms with van der Waals surface area (Å²) in [5.41, 5.74) is 0. The van der Waals surface area contributed by atoms with Gasteiger partial charge in [-0.25, -0.2) is 0 Å². The summed E-state index contributed by atoms with van der Waals surface area (Å²) in [4.78, 5) is 22.7. The minimum atomic E-state index is -0.982. The molecule has 3 N–H and O–H groups in total. The van der Waals surface area contributed by atoms with Crippen LogP contribution in [0.2, 0.25) is 0 Å². The van der Waals surface area contributed by atoms with E-state index in [1.807, 2.05) is 0 Å². The van der Waals surface area contributed by atoms with Crippen LogP contribution in [0.15, 0.2) is 16.5 Å². The highest BCUT2D eigenvalue weighted by Crippen LogP contribution is 2.14. The van der Waals surface area contributed by atoms with Crippen LogP contribution in [0.3, 0.4) is 0 Å². The maximum absolute atomic E-state index is 11.4. The van der Waals surface area contributed by atoms with Gasteiger partial charge in [0.1, 0.15) is 17.6 Å². The summed E-state index contributed by atoms with van der Waals surface area (Å²) in [6, 6.07) is 3.32. The summed E-state index contributed by atoms with van der Waals surface area (Å²) < 4.78 is 9.93. The monoisotopic (exact) mass is 270 g/mol. The van der Waals surface area contributed by atoms with Crippen molar-refractivity contribution in [3.05, 3.63) is 23.7 Å². The highest BCUT2D eigenvalue weighted by Gasteiger charge is 2.16. The van der Waals surface area contributed by atoms with Crippen LogP contribution in [-0.4, -0.2) is 43.7 Å². The molecule has 0 spiro atoms. The Kier molecular flexibility index (Phi) is 6.04. The average Bonchev–Trinajstić information content (AvgIpc) is 2.82. The van der Waals surface area contributed by atoms with E-state index in [1.54, 1.807) is 19.1 Å². The molecule has 0 aliphatic carbocycles. The predicted molar refractivity (Wildman–Crippen MR) is 66.3 cm³/mol. The standard InChI is InChI=1S/C12H18N2O5/c1-8-3-4-10(19-8)9(15)7-14-12(17)11(16)13-5-6-18-2/h3-4,9,15H,5-7H2,1-2H3,(H,13,16)(H,14,17)/t9-/m0/s1. The number of aryl methyl sites for hydroxylation is 1. The number of furan rings is 1. The second-order valence-electron chi connectivity index (χ2n) is 3.92. The van der Waals surface area contributed by atoms with Crippen molar-refractivity contribution in [3.63, 3.8) is 0 Å². The summed E-state index contributed by atoms with van der Waals surface area (Å²) in [6.07, 6.45) is -0.982. The van der Waals surface area contributed by atoms with Crippen molar-refractivity contribution in [1.29, 1.82) is 0 Å². The van der Waals surface area contributed by atoms with E-state index < -0.39 is 17.9 Å². The zero-order valence-corrected chi connectivity index (χ0v) is 10.9. The number of hydrogen-bond donors (Lipinski definition) is 3. The second-order valence-corrected chi connectivity index (χ2v) is 3.92. The molecule has 0 fully saturated rings. The van der Waals surface area contributed by atoms with E-state index in [1.165, 1.54) is 7.11 Å². The summed E-state index contributed by atoms with van der Waals surface area (Å²) in [6.45, 7) is 2.23. The van der Waals surface area contributed by atoms with Crippen molar-refractivity contribution < 1.29 is 23.8 Å². The van der Waals surface area contributed by atoms with Crippen molar-refractivity contribution in [2.24, 2.45) is 0 Å². The van der Waals surface area contributed by atoms with Crippen molar-refractivity contribution in [3.8, 4) is 0 Å². The van der Waals surface area contributed by atoms with Crippen LogP contribution in [-0.2, 0) is 14.3 Å². The van der Waals surface area contributed by atoms with Gasteiger partial charge in [-0.15, -0.1) is 0 Å². The third-order valence-electron chi connectivity index (χ3n) is 2.34. The van der Waals surface area contributed by atoms with E-state index in [2.05, 4.69) is 10.6 Å². The molecule has 0 aliphatic heterocycles. The Labute approximate surface area is 110 Å². The van der Waals surface area contributed by atoms with Gasteiger partial charge in [-0.2, -0.15) is 0 Å². The Morgan fingerprint density at radius 1 is 1.37 bits per heavy atom. The molecule has 1 atom stereocenters. The van der Waals surface area contributed by atoms with Crippen molar-refractivity contribution in [1.82, 2.24) is 10.6 Å². The quantitative estimate of drug-likeness (QED) is 0.478. The molecular weight excluding hydrogens is 252 g/mol. The molecule has 1 aromatic heterocycles. The van der Waals surface area contributed by atoms with E-state index in [9.17, 15) is 14.7 Å². The molecule has 0 aromatic carbocycles. The molecule has 7 nitrogen and oxygen atoms in total. The number of rotatable bonds is 6. The number of carbonyl (C=O) groups is 2. The van der Waals surface area contributed by atoms with E-state index in [0.717, 1.165) is 0 Å². The van der Waals surface area contributed by atoms with Gasteiger partial charge < -0.3 is 24.9 Å². The maximum Gasteiger partial charge on any atom is 0.309 e.